The molecule has 1 heterocycles. The molecule has 1 aliphatic carbocycles. The minimum atomic E-state index is 0.121. The summed E-state index contributed by atoms with van der Waals surface area (Å²) in [5.74, 6) is 0.985. The van der Waals surface area contributed by atoms with E-state index < -0.39 is 0 Å². The van der Waals surface area contributed by atoms with Gasteiger partial charge in [-0.15, -0.1) is 0 Å². The molecular weight excluding hydrogens is 316 g/mol. The zero-order valence-electron chi connectivity index (χ0n) is 16.0. The Kier molecular flexibility index (Phi) is 5.35. The Morgan fingerprint density at radius 1 is 1.24 bits per heavy atom. The van der Waals surface area contributed by atoms with Crippen molar-refractivity contribution in [3.8, 4) is 5.75 Å². The van der Waals surface area contributed by atoms with E-state index in [4.69, 9.17) is 9.47 Å². The van der Waals surface area contributed by atoms with Crippen molar-refractivity contribution in [1.82, 2.24) is 9.80 Å². The lowest BCUT2D eigenvalue weighted by Gasteiger charge is -2.47. The summed E-state index contributed by atoms with van der Waals surface area (Å²) in [6.45, 7) is 5.29. The molecular formula is C20H30N2O3. The van der Waals surface area contributed by atoms with Gasteiger partial charge in [-0.1, -0.05) is 0 Å². The number of aryl methyl sites for hydroxylation is 2. The molecule has 0 bridgehead atoms. The number of morpholine rings is 1. The first kappa shape index (κ1) is 18.2. The fourth-order valence-electron chi connectivity index (χ4n) is 4.38. The van der Waals surface area contributed by atoms with Gasteiger partial charge in [-0.05, 0) is 70.5 Å². The molecule has 0 spiro atoms. The van der Waals surface area contributed by atoms with Gasteiger partial charge in [-0.2, -0.15) is 0 Å². The SMILES string of the molecule is COc1c(C)cc(C(=O)N2CCOC3CC(N(C)C)CCC32)cc1C. The number of ether oxygens (including phenoxy) is 2. The van der Waals surface area contributed by atoms with Crippen molar-refractivity contribution < 1.29 is 14.3 Å². The molecule has 3 rings (SSSR count). The number of rotatable bonds is 3. The average Bonchev–Trinajstić information content (AvgIpc) is 2.59. The van der Waals surface area contributed by atoms with Crippen molar-refractivity contribution in [3.05, 3.63) is 28.8 Å². The van der Waals surface area contributed by atoms with E-state index in [9.17, 15) is 4.79 Å². The van der Waals surface area contributed by atoms with Crippen molar-refractivity contribution in [2.75, 3.05) is 34.4 Å². The van der Waals surface area contributed by atoms with E-state index in [1.807, 2.05) is 30.9 Å². The summed E-state index contributed by atoms with van der Waals surface area (Å²) in [5.41, 5.74) is 2.77. The largest absolute Gasteiger partial charge is 0.496 e. The molecule has 5 nitrogen and oxygen atoms in total. The van der Waals surface area contributed by atoms with Crippen LogP contribution < -0.4 is 4.74 Å². The number of carbonyl (C=O) groups excluding carboxylic acids is 1. The molecule has 1 aliphatic heterocycles. The second kappa shape index (κ2) is 7.34. The van der Waals surface area contributed by atoms with Gasteiger partial charge in [0.05, 0.1) is 25.9 Å². The van der Waals surface area contributed by atoms with Gasteiger partial charge in [0, 0.05) is 18.2 Å². The van der Waals surface area contributed by atoms with Gasteiger partial charge in [0.15, 0.2) is 0 Å². The molecule has 1 amide bonds. The van der Waals surface area contributed by atoms with E-state index in [1.165, 1.54) is 0 Å². The second-order valence-corrected chi connectivity index (χ2v) is 7.55. The van der Waals surface area contributed by atoms with Gasteiger partial charge < -0.3 is 19.3 Å². The molecule has 138 valence electrons. The molecule has 1 aromatic carbocycles. The monoisotopic (exact) mass is 346 g/mol. The Labute approximate surface area is 150 Å². The molecule has 0 aromatic heterocycles. The number of benzene rings is 1. The first-order chi connectivity index (χ1) is 11.9. The highest BCUT2D eigenvalue weighted by Gasteiger charge is 2.40. The van der Waals surface area contributed by atoms with Crippen molar-refractivity contribution in [1.29, 1.82) is 0 Å². The van der Waals surface area contributed by atoms with Crippen LogP contribution in [0.5, 0.6) is 5.75 Å². The van der Waals surface area contributed by atoms with Crippen LogP contribution in [-0.2, 0) is 4.74 Å². The Morgan fingerprint density at radius 2 is 1.92 bits per heavy atom. The third-order valence-corrected chi connectivity index (χ3v) is 5.70. The van der Waals surface area contributed by atoms with Crippen LogP contribution >= 0.6 is 0 Å². The molecule has 1 saturated heterocycles. The quantitative estimate of drug-likeness (QED) is 0.844. The first-order valence-corrected chi connectivity index (χ1v) is 9.16. The zero-order valence-corrected chi connectivity index (χ0v) is 16.0. The van der Waals surface area contributed by atoms with Gasteiger partial charge in [-0.3, -0.25) is 4.79 Å². The lowest BCUT2D eigenvalue weighted by Crippen LogP contribution is -2.57. The molecule has 3 atom stereocenters. The van der Waals surface area contributed by atoms with Crippen molar-refractivity contribution >= 4 is 5.91 Å². The lowest BCUT2D eigenvalue weighted by molar-refractivity contribution is -0.0877. The maximum absolute atomic E-state index is 13.2. The van der Waals surface area contributed by atoms with Gasteiger partial charge in [-0.25, -0.2) is 0 Å². The van der Waals surface area contributed by atoms with E-state index >= 15 is 0 Å². The number of nitrogens with zero attached hydrogens (tertiary/aromatic N) is 2. The highest BCUT2D eigenvalue weighted by Crippen LogP contribution is 2.32. The maximum atomic E-state index is 13.2. The summed E-state index contributed by atoms with van der Waals surface area (Å²) < 4.78 is 11.4. The van der Waals surface area contributed by atoms with Crippen LogP contribution in [0.25, 0.3) is 0 Å². The van der Waals surface area contributed by atoms with Gasteiger partial charge in [0.2, 0.25) is 0 Å². The van der Waals surface area contributed by atoms with Gasteiger partial charge in [0.25, 0.3) is 5.91 Å². The van der Waals surface area contributed by atoms with Crippen LogP contribution in [0.15, 0.2) is 12.1 Å². The predicted octanol–water partition coefficient (Wildman–Crippen LogP) is 2.64. The Balaban J connectivity index is 1.80. The number of methoxy groups -OCH3 is 1. The Bertz CT molecular complexity index is 621. The Morgan fingerprint density at radius 3 is 2.52 bits per heavy atom. The normalized spacial score (nSPS) is 26.5. The van der Waals surface area contributed by atoms with E-state index in [-0.39, 0.29) is 18.1 Å². The molecule has 1 aromatic rings. The number of fused-ring (bicyclic) bond motifs is 1. The summed E-state index contributed by atoms with van der Waals surface area (Å²) in [6, 6.07) is 4.63. The highest BCUT2D eigenvalue weighted by atomic mass is 16.5. The smallest absolute Gasteiger partial charge is 0.254 e. The van der Waals surface area contributed by atoms with Gasteiger partial charge >= 0.3 is 0 Å². The average molecular weight is 346 g/mol. The summed E-state index contributed by atoms with van der Waals surface area (Å²) in [7, 11) is 5.92. The predicted molar refractivity (Wildman–Crippen MR) is 98.4 cm³/mol. The van der Waals surface area contributed by atoms with Crippen molar-refractivity contribution in [2.45, 2.75) is 51.3 Å². The zero-order chi connectivity index (χ0) is 18.1. The van der Waals surface area contributed by atoms with Crippen LogP contribution in [0.3, 0.4) is 0 Å². The van der Waals surface area contributed by atoms with Crippen LogP contribution in [-0.4, -0.2) is 68.3 Å². The van der Waals surface area contributed by atoms with Crippen LogP contribution in [0.1, 0.15) is 40.7 Å². The van der Waals surface area contributed by atoms with Crippen LogP contribution in [0, 0.1) is 13.8 Å². The second-order valence-electron chi connectivity index (χ2n) is 7.55. The lowest BCUT2D eigenvalue weighted by atomic mass is 9.85. The molecule has 1 saturated carbocycles. The van der Waals surface area contributed by atoms with Gasteiger partial charge in [0.1, 0.15) is 5.75 Å². The topological polar surface area (TPSA) is 42.0 Å². The van der Waals surface area contributed by atoms with E-state index in [1.54, 1.807) is 7.11 Å². The molecule has 0 N–H and O–H groups in total. The van der Waals surface area contributed by atoms with Crippen LogP contribution in [0.4, 0.5) is 0 Å². The minimum absolute atomic E-state index is 0.121. The standard InChI is InChI=1S/C20H30N2O3/c1-13-10-15(11-14(2)19(13)24-5)20(23)22-8-9-25-18-12-16(21(3)4)6-7-17(18)22/h10-11,16-18H,6-9,12H2,1-5H3. The third kappa shape index (κ3) is 3.53. The third-order valence-electron chi connectivity index (χ3n) is 5.70. The van der Waals surface area contributed by atoms with Crippen molar-refractivity contribution in [2.24, 2.45) is 0 Å². The fraction of sp³-hybridized carbons (Fsp3) is 0.650. The highest BCUT2D eigenvalue weighted by molar-refractivity contribution is 5.95. The number of hydrogen-bond acceptors (Lipinski definition) is 4. The summed E-state index contributed by atoms with van der Waals surface area (Å²) >= 11 is 0. The molecule has 2 fully saturated rings. The molecule has 2 aliphatic rings. The maximum Gasteiger partial charge on any atom is 0.254 e. The number of amides is 1. The molecule has 3 unspecified atom stereocenters. The summed E-state index contributed by atoms with van der Waals surface area (Å²) in [5, 5.41) is 0. The Hall–Kier alpha value is -1.59. The van der Waals surface area contributed by atoms with Crippen molar-refractivity contribution in [3.63, 3.8) is 0 Å². The molecule has 25 heavy (non-hydrogen) atoms. The summed E-state index contributed by atoms with van der Waals surface area (Å²) in [6.07, 6.45) is 3.27. The number of carbonyl (C=O) groups is 1. The van der Waals surface area contributed by atoms with E-state index in [2.05, 4.69) is 19.0 Å². The van der Waals surface area contributed by atoms with Crippen LogP contribution in [0.2, 0.25) is 0 Å². The fourth-order valence-corrected chi connectivity index (χ4v) is 4.38. The van der Waals surface area contributed by atoms with E-state index in [0.717, 1.165) is 41.7 Å². The number of hydrogen-bond donors (Lipinski definition) is 0. The first-order valence-electron chi connectivity index (χ1n) is 9.16. The van der Waals surface area contributed by atoms with E-state index in [0.29, 0.717) is 19.2 Å². The minimum Gasteiger partial charge on any atom is -0.496 e. The molecule has 0 radical (unpaired) electrons. The molecule has 5 heteroatoms. The summed E-state index contributed by atoms with van der Waals surface area (Å²) in [4.78, 5) is 17.5.